The van der Waals surface area contributed by atoms with Crippen molar-refractivity contribution in [3.8, 4) is 16.3 Å². The number of nitrogens with zero attached hydrogens (tertiary/aromatic N) is 1. The lowest BCUT2D eigenvalue weighted by atomic mass is 10.0. The molecular weight excluding hydrogens is 322 g/mol. The molecule has 24 heavy (non-hydrogen) atoms. The Morgan fingerprint density at radius 1 is 1.17 bits per heavy atom. The van der Waals surface area contributed by atoms with E-state index in [4.69, 9.17) is 9.15 Å². The predicted octanol–water partition coefficient (Wildman–Crippen LogP) is 4.95. The second-order valence-corrected chi connectivity index (χ2v) is 6.12. The van der Waals surface area contributed by atoms with Crippen LogP contribution in [0.2, 0.25) is 0 Å². The summed E-state index contributed by atoms with van der Waals surface area (Å²) >= 11 is 1.53. The number of aromatic nitrogens is 1. The normalized spacial score (nSPS) is 10.8. The van der Waals surface area contributed by atoms with Crippen LogP contribution in [0.1, 0.15) is 16.1 Å². The summed E-state index contributed by atoms with van der Waals surface area (Å²) in [6.07, 6.45) is 4.13. The molecule has 5 heteroatoms. The number of ether oxygens (including phenoxy) is 1. The molecule has 0 aliphatic heterocycles. The van der Waals surface area contributed by atoms with Crippen molar-refractivity contribution in [2.24, 2.45) is 0 Å². The van der Waals surface area contributed by atoms with Gasteiger partial charge in [0.2, 0.25) is 0 Å². The number of carbonyl (C=O) groups is 1. The van der Waals surface area contributed by atoms with E-state index in [0.29, 0.717) is 17.9 Å². The molecule has 0 atom stereocenters. The van der Waals surface area contributed by atoms with Crippen molar-refractivity contribution < 1.29 is 13.9 Å². The molecule has 4 nitrogen and oxygen atoms in total. The maximum absolute atomic E-state index is 11.5. The third-order valence-electron chi connectivity index (χ3n) is 3.74. The van der Waals surface area contributed by atoms with E-state index in [1.54, 1.807) is 12.5 Å². The summed E-state index contributed by atoms with van der Waals surface area (Å²) in [5, 5.41) is 4.74. The van der Waals surface area contributed by atoms with Gasteiger partial charge in [-0.3, -0.25) is 4.79 Å². The summed E-state index contributed by atoms with van der Waals surface area (Å²) in [5.74, 6) is 0.571. The van der Waals surface area contributed by atoms with Gasteiger partial charge >= 0.3 is 0 Å². The molecule has 4 rings (SSSR count). The first kappa shape index (κ1) is 14.7. The largest absolute Gasteiger partial charge is 0.486 e. The van der Waals surface area contributed by atoms with Gasteiger partial charge in [-0.1, -0.05) is 30.3 Å². The first-order valence-corrected chi connectivity index (χ1v) is 8.30. The van der Waals surface area contributed by atoms with Crippen molar-refractivity contribution >= 4 is 28.4 Å². The highest BCUT2D eigenvalue weighted by molar-refractivity contribution is 7.13. The average Bonchev–Trinajstić information content (AvgIpc) is 3.30. The molecule has 0 saturated carbocycles. The monoisotopic (exact) mass is 335 g/mol. The van der Waals surface area contributed by atoms with E-state index >= 15 is 0 Å². The number of fused-ring (bicyclic) bond motifs is 1. The summed E-state index contributed by atoms with van der Waals surface area (Å²) in [4.78, 5) is 16.0. The van der Waals surface area contributed by atoms with Crippen LogP contribution >= 0.6 is 11.3 Å². The maximum Gasteiger partial charge on any atom is 0.154 e. The zero-order chi connectivity index (χ0) is 16.4. The molecule has 0 aliphatic rings. The molecule has 118 valence electrons. The van der Waals surface area contributed by atoms with Gasteiger partial charge in [0.05, 0.1) is 17.5 Å². The summed E-state index contributed by atoms with van der Waals surface area (Å²) < 4.78 is 10.9. The van der Waals surface area contributed by atoms with Crippen LogP contribution in [-0.4, -0.2) is 11.3 Å². The van der Waals surface area contributed by atoms with Gasteiger partial charge in [0.15, 0.2) is 6.29 Å². The fourth-order valence-corrected chi connectivity index (χ4v) is 3.36. The molecule has 0 N–H and O–H groups in total. The van der Waals surface area contributed by atoms with E-state index in [1.807, 2.05) is 47.8 Å². The zero-order valence-electron chi connectivity index (χ0n) is 12.6. The molecule has 0 spiro atoms. The Morgan fingerprint density at radius 3 is 2.92 bits per heavy atom. The Bertz CT molecular complexity index is 989. The molecule has 0 amide bonds. The number of furan rings is 1. The summed E-state index contributed by atoms with van der Waals surface area (Å²) in [6.45, 7) is 0.313. The van der Waals surface area contributed by atoms with Crippen LogP contribution in [0.25, 0.3) is 21.3 Å². The maximum atomic E-state index is 11.5. The summed E-state index contributed by atoms with van der Waals surface area (Å²) in [7, 11) is 0. The molecule has 0 saturated heterocycles. The van der Waals surface area contributed by atoms with Crippen molar-refractivity contribution in [3.63, 3.8) is 0 Å². The molecule has 0 aliphatic carbocycles. The van der Waals surface area contributed by atoms with E-state index in [0.717, 1.165) is 33.3 Å². The smallest absolute Gasteiger partial charge is 0.154 e. The van der Waals surface area contributed by atoms with Crippen LogP contribution in [-0.2, 0) is 6.61 Å². The SMILES string of the molecule is O=Cc1c(OCc2csc(-c3ccoc3)n2)ccc2ccccc12. The number of thiazole rings is 1. The van der Waals surface area contributed by atoms with E-state index < -0.39 is 0 Å². The average molecular weight is 335 g/mol. The van der Waals surface area contributed by atoms with E-state index in [2.05, 4.69) is 4.98 Å². The Kier molecular flexibility index (Phi) is 3.84. The van der Waals surface area contributed by atoms with E-state index in [-0.39, 0.29) is 0 Å². The number of rotatable bonds is 5. The fourth-order valence-electron chi connectivity index (χ4n) is 2.57. The van der Waals surface area contributed by atoms with Crippen LogP contribution in [0, 0.1) is 0 Å². The lowest BCUT2D eigenvalue weighted by Crippen LogP contribution is -1.99. The first-order valence-electron chi connectivity index (χ1n) is 7.42. The van der Waals surface area contributed by atoms with Crippen LogP contribution in [0.4, 0.5) is 0 Å². The van der Waals surface area contributed by atoms with Crippen LogP contribution in [0.15, 0.2) is 64.8 Å². The fraction of sp³-hybridized carbons (Fsp3) is 0.0526. The molecule has 2 aromatic heterocycles. The Balaban J connectivity index is 1.58. The highest BCUT2D eigenvalue weighted by Crippen LogP contribution is 2.28. The van der Waals surface area contributed by atoms with Crippen molar-refractivity contribution in [1.29, 1.82) is 0 Å². The minimum absolute atomic E-state index is 0.313. The molecule has 0 unspecified atom stereocenters. The minimum Gasteiger partial charge on any atom is -0.486 e. The van der Waals surface area contributed by atoms with Gasteiger partial charge in [0, 0.05) is 10.9 Å². The second-order valence-electron chi connectivity index (χ2n) is 5.26. The zero-order valence-corrected chi connectivity index (χ0v) is 13.5. The van der Waals surface area contributed by atoms with Crippen LogP contribution < -0.4 is 4.74 Å². The van der Waals surface area contributed by atoms with Crippen molar-refractivity contribution in [2.75, 3.05) is 0 Å². The highest BCUT2D eigenvalue weighted by atomic mass is 32.1. The number of benzene rings is 2. The van der Waals surface area contributed by atoms with Gasteiger partial charge in [0.1, 0.15) is 23.6 Å². The van der Waals surface area contributed by atoms with E-state index in [9.17, 15) is 4.79 Å². The standard InChI is InChI=1S/C19H13NO3S/c21-9-17-16-4-2-1-3-13(16)5-6-18(17)23-11-15-12-24-19(20-15)14-7-8-22-10-14/h1-10,12H,11H2. The van der Waals surface area contributed by atoms with Crippen LogP contribution in [0.3, 0.4) is 0 Å². The molecule has 2 heterocycles. The number of hydrogen-bond acceptors (Lipinski definition) is 5. The van der Waals surface area contributed by atoms with Crippen molar-refractivity contribution in [3.05, 3.63) is 71.6 Å². The number of aldehydes is 1. The summed E-state index contributed by atoms with van der Waals surface area (Å²) in [5.41, 5.74) is 2.34. The van der Waals surface area contributed by atoms with Crippen molar-refractivity contribution in [2.45, 2.75) is 6.61 Å². The molecule has 0 radical (unpaired) electrons. The molecule has 0 bridgehead atoms. The molecular formula is C19H13NO3S. The van der Waals surface area contributed by atoms with Gasteiger partial charge in [-0.2, -0.15) is 0 Å². The lowest BCUT2D eigenvalue weighted by Gasteiger charge is -2.09. The van der Waals surface area contributed by atoms with Gasteiger partial charge in [0.25, 0.3) is 0 Å². The number of carbonyl (C=O) groups excluding carboxylic acids is 1. The van der Waals surface area contributed by atoms with Gasteiger partial charge in [-0.25, -0.2) is 4.98 Å². The molecule has 0 fully saturated rings. The topological polar surface area (TPSA) is 52.3 Å². The van der Waals surface area contributed by atoms with Crippen molar-refractivity contribution in [1.82, 2.24) is 4.98 Å². The first-order chi connectivity index (χ1) is 11.8. The van der Waals surface area contributed by atoms with Gasteiger partial charge in [-0.05, 0) is 22.9 Å². The Hall–Kier alpha value is -2.92. The molecule has 2 aromatic carbocycles. The third kappa shape index (κ3) is 2.70. The third-order valence-corrected chi connectivity index (χ3v) is 4.68. The Labute approximate surface area is 142 Å². The van der Waals surface area contributed by atoms with E-state index in [1.165, 1.54) is 11.3 Å². The second kappa shape index (κ2) is 6.29. The Morgan fingerprint density at radius 2 is 2.08 bits per heavy atom. The van der Waals surface area contributed by atoms with Gasteiger partial charge < -0.3 is 9.15 Å². The summed E-state index contributed by atoms with van der Waals surface area (Å²) in [6, 6.07) is 13.4. The van der Waals surface area contributed by atoms with Crippen LogP contribution in [0.5, 0.6) is 5.75 Å². The molecule has 4 aromatic rings. The predicted molar refractivity (Wildman–Crippen MR) is 93.5 cm³/mol. The minimum atomic E-state index is 0.313. The highest BCUT2D eigenvalue weighted by Gasteiger charge is 2.10. The van der Waals surface area contributed by atoms with Gasteiger partial charge in [-0.15, -0.1) is 11.3 Å². The quantitative estimate of drug-likeness (QED) is 0.484. The number of hydrogen-bond donors (Lipinski definition) is 0. The lowest BCUT2D eigenvalue weighted by molar-refractivity contribution is 0.112.